The van der Waals surface area contributed by atoms with Gasteiger partial charge in [-0.25, -0.2) is 0 Å². The maximum atomic E-state index is 2.65. The lowest BCUT2D eigenvalue weighted by Crippen LogP contribution is -2.55. The predicted molar refractivity (Wildman–Crippen MR) is 309 cm³/mol. The summed E-state index contributed by atoms with van der Waals surface area (Å²) in [5.74, 6) is 0. The number of hydrogen-bond acceptors (Lipinski definition) is 4. The van der Waals surface area contributed by atoms with Crippen LogP contribution in [0.15, 0.2) is 72.8 Å². The van der Waals surface area contributed by atoms with Crippen LogP contribution in [-0.4, -0.2) is 16.1 Å². The van der Waals surface area contributed by atoms with Crippen LogP contribution in [-0.2, 0) is 0 Å². The van der Waals surface area contributed by atoms with E-state index in [4.69, 9.17) is 0 Å². The maximum absolute atomic E-state index is 2.65. The quantitative estimate of drug-likeness (QED) is 0.0375. The maximum Gasteiger partial charge on any atom is 0.122 e. The van der Waals surface area contributed by atoms with Crippen molar-refractivity contribution in [1.82, 2.24) is 0 Å². The fourth-order valence-corrected chi connectivity index (χ4v) is 28.5. The van der Waals surface area contributed by atoms with Crippen LogP contribution in [0.25, 0.3) is 41.1 Å². The molecule has 0 nitrogen and oxygen atoms in total. The van der Waals surface area contributed by atoms with Gasteiger partial charge in [-0.1, -0.05) is 198 Å². The van der Waals surface area contributed by atoms with Gasteiger partial charge in [0.15, 0.2) is 0 Å². The first kappa shape index (κ1) is 51.5. The van der Waals surface area contributed by atoms with Crippen molar-refractivity contribution in [3.8, 4) is 41.1 Å². The number of rotatable bonds is 26. The molecule has 66 heavy (non-hydrogen) atoms. The minimum atomic E-state index is -1.79. The molecule has 2 aromatic carbocycles. The van der Waals surface area contributed by atoms with E-state index in [1.54, 1.807) is 31.3 Å². The van der Waals surface area contributed by atoms with Crippen LogP contribution in [0, 0.1) is 27.7 Å². The first-order valence-electron chi connectivity index (χ1n) is 26.8. The van der Waals surface area contributed by atoms with Crippen LogP contribution in [0.5, 0.6) is 0 Å². The molecule has 0 spiro atoms. The smallest absolute Gasteiger partial charge is 0.122 e. The van der Waals surface area contributed by atoms with Crippen molar-refractivity contribution in [1.29, 1.82) is 0 Å². The van der Waals surface area contributed by atoms with Crippen LogP contribution >= 0.6 is 45.3 Å². The summed E-state index contributed by atoms with van der Waals surface area (Å²) in [4.78, 5) is 12.1. The molecule has 0 fully saturated rings. The highest BCUT2D eigenvalue weighted by Gasteiger charge is 2.47. The Hall–Kier alpha value is -2.33. The third kappa shape index (κ3) is 12.0. The average molecular weight is 990 g/mol. The number of thiophene rings is 4. The fourth-order valence-electron chi connectivity index (χ4n) is 11.6. The van der Waals surface area contributed by atoms with E-state index >= 15 is 0 Å². The zero-order valence-electron chi connectivity index (χ0n) is 42.5. The van der Waals surface area contributed by atoms with Gasteiger partial charge in [0, 0.05) is 39.0 Å². The fraction of sp³-hybridized carbons (Fsp3) is 0.533. The van der Waals surface area contributed by atoms with Crippen LogP contribution in [0.3, 0.4) is 0 Å². The van der Waals surface area contributed by atoms with Crippen LogP contribution in [0.2, 0.25) is 24.2 Å². The van der Waals surface area contributed by atoms with Crippen molar-refractivity contribution in [2.24, 2.45) is 0 Å². The van der Waals surface area contributed by atoms with Crippen molar-refractivity contribution in [3.63, 3.8) is 0 Å². The van der Waals surface area contributed by atoms with Gasteiger partial charge in [0.25, 0.3) is 0 Å². The van der Waals surface area contributed by atoms with E-state index in [-0.39, 0.29) is 0 Å². The molecule has 0 saturated heterocycles. The van der Waals surface area contributed by atoms with Crippen LogP contribution in [0.4, 0.5) is 0 Å². The monoisotopic (exact) mass is 988 g/mol. The van der Waals surface area contributed by atoms with E-state index in [0.29, 0.717) is 0 Å². The summed E-state index contributed by atoms with van der Waals surface area (Å²) in [7, 11) is -3.43. The Morgan fingerprint density at radius 3 is 1.30 bits per heavy atom. The topological polar surface area (TPSA) is 0 Å². The third-order valence-electron chi connectivity index (χ3n) is 15.2. The SMILES string of the molecule is CCCCCCCC[Si]1(CCCCCCCC)c2cc(C)ccc2-c2ccc(-c3ccc(C)s3)cc21.CCCCCC[Si]1(CCCCCC)c2cc(C)sc2-c2sc(-c3ccc(C)s3)cc21. The van der Waals surface area contributed by atoms with Gasteiger partial charge in [0.1, 0.15) is 16.1 Å². The van der Waals surface area contributed by atoms with E-state index in [0.717, 1.165) is 0 Å². The lowest BCUT2D eigenvalue weighted by molar-refractivity contribution is 0.616. The Balaban J connectivity index is 0.000000199. The normalized spacial score (nSPS) is 13.9. The average Bonchev–Trinajstić information content (AvgIpc) is 4.18. The molecule has 0 N–H and O–H groups in total. The minimum Gasteiger partial charge on any atom is -0.141 e. The molecular formula is C60H84S4Si2. The Morgan fingerprint density at radius 1 is 0.333 bits per heavy atom. The molecule has 6 heterocycles. The number of benzene rings is 2. The molecule has 0 aliphatic carbocycles. The van der Waals surface area contributed by atoms with E-state index in [1.165, 1.54) is 193 Å². The van der Waals surface area contributed by atoms with Crippen molar-refractivity contribution < 1.29 is 0 Å². The summed E-state index contributed by atoms with van der Waals surface area (Å²) in [5, 5.41) is 7.14. The second-order valence-corrected chi connectivity index (χ2v) is 33.8. The van der Waals surface area contributed by atoms with Gasteiger partial charge >= 0.3 is 0 Å². The van der Waals surface area contributed by atoms with Gasteiger partial charge in [0.05, 0.1) is 0 Å². The predicted octanol–water partition coefficient (Wildman–Crippen LogP) is 19.2. The highest BCUT2D eigenvalue weighted by Crippen LogP contribution is 2.46. The van der Waals surface area contributed by atoms with Gasteiger partial charge in [-0.2, -0.15) is 0 Å². The first-order chi connectivity index (χ1) is 32.2. The van der Waals surface area contributed by atoms with E-state index in [9.17, 15) is 0 Å². The van der Waals surface area contributed by atoms with E-state index in [2.05, 4.69) is 151 Å². The van der Waals surface area contributed by atoms with Crippen molar-refractivity contribution in [2.45, 2.75) is 208 Å². The molecule has 0 atom stereocenters. The summed E-state index contributed by atoms with van der Waals surface area (Å²) in [6, 6.07) is 35.2. The molecule has 6 heteroatoms. The van der Waals surface area contributed by atoms with E-state index in [1.807, 2.05) is 33.0 Å². The van der Waals surface area contributed by atoms with Crippen molar-refractivity contribution >= 4 is 82.2 Å². The highest BCUT2D eigenvalue weighted by atomic mass is 32.1. The van der Waals surface area contributed by atoms with Crippen LogP contribution < -0.4 is 20.7 Å². The van der Waals surface area contributed by atoms with Crippen molar-refractivity contribution in [3.05, 3.63) is 93.0 Å². The number of unbranched alkanes of at least 4 members (excludes halogenated alkanes) is 16. The lowest BCUT2D eigenvalue weighted by Gasteiger charge is -2.31. The standard InChI is InChI=1S/C34H48SSi.C26H36S3Si/c1-5-7-9-11-13-15-23-36(24-16-14-12-10-8-6-2)33-25-27(3)17-20-30(33)31-21-19-29(26-34(31)36)32-22-18-28(4)35-32;1-5-7-9-11-15-30(16-12-10-8-6-2)23-17-20(4)28-25(23)26-24(30)18-22(29-26)21-14-13-19(3)27-21/h17-22,25-26H,5-16,23-24H2,1-4H3;13-14,17-18H,5-12,15-16H2,1-4H3. The van der Waals surface area contributed by atoms with Gasteiger partial charge in [-0.15, -0.1) is 45.3 Å². The summed E-state index contributed by atoms with van der Waals surface area (Å²) in [6.45, 7) is 18.4. The zero-order chi connectivity index (χ0) is 46.5. The minimum absolute atomic E-state index is 1.33. The number of aryl methyl sites for hydroxylation is 4. The molecule has 0 bridgehead atoms. The van der Waals surface area contributed by atoms with Gasteiger partial charge in [-0.3, -0.25) is 0 Å². The Kier molecular flexibility index (Phi) is 19.5. The second-order valence-electron chi connectivity index (χ2n) is 20.4. The molecule has 4 aromatic heterocycles. The molecule has 0 unspecified atom stereocenters. The number of hydrogen-bond donors (Lipinski definition) is 0. The zero-order valence-corrected chi connectivity index (χ0v) is 47.8. The third-order valence-corrected chi connectivity index (χ3v) is 30.7. The molecular weight excluding hydrogens is 905 g/mol. The molecule has 2 aliphatic heterocycles. The lowest BCUT2D eigenvalue weighted by atomic mass is 10.0. The van der Waals surface area contributed by atoms with Gasteiger partial charge in [0.2, 0.25) is 0 Å². The Bertz CT molecular complexity index is 2390. The molecule has 6 aromatic rings. The largest absolute Gasteiger partial charge is 0.141 e. The first-order valence-corrected chi connectivity index (χ1v) is 34.9. The summed E-state index contributed by atoms with van der Waals surface area (Å²) < 4.78 is 0. The van der Waals surface area contributed by atoms with E-state index < -0.39 is 16.1 Å². The van der Waals surface area contributed by atoms with Gasteiger partial charge < -0.3 is 0 Å². The molecule has 8 rings (SSSR count). The molecule has 0 amide bonds. The summed E-state index contributed by atoms with van der Waals surface area (Å²) in [5.41, 5.74) is 6.01. The van der Waals surface area contributed by atoms with Crippen LogP contribution in [0.1, 0.15) is 176 Å². The molecule has 0 saturated carbocycles. The second kappa shape index (κ2) is 25.0. The summed E-state index contributed by atoms with van der Waals surface area (Å²) in [6.07, 6.45) is 27.9. The molecule has 356 valence electrons. The highest BCUT2D eigenvalue weighted by molar-refractivity contribution is 7.31. The Morgan fingerprint density at radius 2 is 0.773 bits per heavy atom. The van der Waals surface area contributed by atoms with Crippen molar-refractivity contribution in [2.75, 3.05) is 0 Å². The summed E-state index contributed by atoms with van der Waals surface area (Å²) >= 11 is 8.07. The molecule has 0 radical (unpaired) electrons. The Labute approximate surface area is 421 Å². The number of fused-ring (bicyclic) bond motifs is 6. The molecule has 2 aliphatic rings. The van der Waals surface area contributed by atoms with Gasteiger partial charge in [-0.05, 0) is 126 Å².